The second kappa shape index (κ2) is 10.1. The minimum absolute atomic E-state index is 0.262. The molecule has 34 heavy (non-hydrogen) atoms. The lowest BCUT2D eigenvalue weighted by atomic mass is 9.96. The van der Waals surface area contributed by atoms with E-state index in [-0.39, 0.29) is 17.7 Å². The van der Waals surface area contributed by atoms with Gasteiger partial charge in [-0.2, -0.15) is 0 Å². The summed E-state index contributed by atoms with van der Waals surface area (Å²) >= 11 is 1.54. The molecule has 8 heteroatoms. The molecular weight excluding hydrogens is 448 g/mol. The van der Waals surface area contributed by atoms with Gasteiger partial charge in [-0.25, -0.2) is 9.97 Å². The zero-order chi connectivity index (χ0) is 24.2. The molecule has 0 bridgehead atoms. The van der Waals surface area contributed by atoms with Crippen molar-refractivity contribution in [2.75, 3.05) is 17.2 Å². The quantitative estimate of drug-likeness (QED) is 0.314. The number of nitrogens with one attached hydrogen (secondary N) is 2. The first-order valence-electron chi connectivity index (χ1n) is 11.1. The number of carbonyl (C=O) groups excluding carboxylic acids is 1. The summed E-state index contributed by atoms with van der Waals surface area (Å²) in [6, 6.07) is 12.9. The third-order valence-electron chi connectivity index (χ3n) is 5.47. The lowest BCUT2D eigenvalue weighted by molar-refractivity contribution is 0.0997. The van der Waals surface area contributed by atoms with Crippen LogP contribution in [0.2, 0.25) is 0 Å². The molecule has 0 spiro atoms. The van der Waals surface area contributed by atoms with E-state index in [1.807, 2.05) is 51.1 Å². The maximum absolute atomic E-state index is 12.8. The Balaban J connectivity index is 1.78. The summed E-state index contributed by atoms with van der Waals surface area (Å²) in [5.74, 6) is 1.30. The Bertz CT molecular complexity index is 1260. The Hall–Kier alpha value is -3.65. The predicted octanol–water partition coefficient (Wildman–Crippen LogP) is 6.22. The zero-order valence-corrected chi connectivity index (χ0v) is 20.7. The Kier molecular flexibility index (Phi) is 6.98. The van der Waals surface area contributed by atoms with Crippen LogP contribution in [-0.2, 0) is 0 Å². The van der Waals surface area contributed by atoms with Crippen molar-refractivity contribution in [3.05, 3.63) is 87.4 Å². The molecule has 0 aliphatic carbocycles. The Morgan fingerprint density at radius 1 is 1.09 bits per heavy atom. The number of aryl methyl sites for hydroxylation is 3. The smallest absolute Gasteiger partial charge is 0.291 e. The molecule has 0 fully saturated rings. The van der Waals surface area contributed by atoms with Crippen LogP contribution in [-0.4, -0.2) is 22.5 Å². The topological polar surface area (TPSA) is 89.3 Å². The molecule has 0 radical (unpaired) electrons. The van der Waals surface area contributed by atoms with Gasteiger partial charge in [-0.15, -0.1) is 11.3 Å². The molecule has 1 atom stereocenters. The van der Waals surface area contributed by atoms with Crippen LogP contribution in [0.5, 0.6) is 5.75 Å². The van der Waals surface area contributed by atoms with E-state index >= 15 is 0 Å². The second-order valence-electron chi connectivity index (χ2n) is 8.01. The molecule has 4 rings (SSSR count). The number of nitrogens with zero attached hydrogens (tertiary/aromatic N) is 2. The molecular formula is C26H28N4O3S. The van der Waals surface area contributed by atoms with Crippen molar-refractivity contribution in [3.63, 3.8) is 0 Å². The van der Waals surface area contributed by atoms with E-state index in [9.17, 15) is 4.79 Å². The van der Waals surface area contributed by atoms with E-state index < -0.39 is 0 Å². The van der Waals surface area contributed by atoms with E-state index in [2.05, 4.69) is 34.4 Å². The second-order valence-corrected chi connectivity index (χ2v) is 9.24. The van der Waals surface area contributed by atoms with Gasteiger partial charge in [-0.05, 0) is 76.1 Å². The van der Waals surface area contributed by atoms with E-state index in [0.29, 0.717) is 12.6 Å². The third-order valence-corrected chi connectivity index (χ3v) is 6.61. The van der Waals surface area contributed by atoms with Crippen LogP contribution in [0.1, 0.15) is 56.5 Å². The highest BCUT2D eigenvalue weighted by Crippen LogP contribution is 2.41. The van der Waals surface area contributed by atoms with E-state index in [1.165, 1.54) is 17.6 Å². The van der Waals surface area contributed by atoms with E-state index in [0.717, 1.165) is 43.7 Å². The third kappa shape index (κ3) is 5.12. The fourth-order valence-electron chi connectivity index (χ4n) is 3.82. The van der Waals surface area contributed by atoms with Crippen molar-refractivity contribution in [3.8, 4) is 5.75 Å². The molecule has 0 aliphatic rings. The van der Waals surface area contributed by atoms with E-state index in [1.54, 1.807) is 12.1 Å². The average Bonchev–Trinajstić information content (AvgIpc) is 3.42. The number of rotatable bonds is 8. The molecule has 3 heterocycles. The van der Waals surface area contributed by atoms with Gasteiger partial charge in [0.15, 0.2) is 5.76 Å². The van der Waals surface area contributed by atoms with Gasteiger partial charge in [0.2, 0.25) is 5.95 Å². The largest absolute Gasteiger partial charge is 0.494 e. The van der Waals surface area contributed by atoms with Crippen LogP contribution >= 0.6 is 11.3 Å². The van der Waals surface area contributed by atoms with Gasteiger partial charge in [-0.1, -0.05) is 12.1 Å². The van der Waals surface area contributed by atoms with Crippen LogP contribution < -0.4 is 15.4 Å². The highest BCUT2D eigenvalue weighted by molar-refractivity contribution is 7.16. The first kappa shape index (κ1) is 23.5. The van der Waals surface area contributed by atoms with Gasteiger partial charge in [0, 0.05) is 21.8 Å². The number of benzene rings is 1. The molecule has 3 aromatic heterocycles. The molecule has 7 nitrogen and oxygen atoms in total. The molecule has 0 aliphatic heterocycles. The summed E-state index contributed by atoms with van der Waals surface area (Å²) in [5.41, 5.74) is 4.82. The Labute approximate surface area is 203 Å². The standard InChI is InChI=1S/C26H28N4O3S/c1-6-32-20-11-9-19(10-12-20)23(29-26-27-15(2)14-16(3)28-26)22-17(4)18(5)34-25(22)30-24(31)21-8-7-13-33-21/h7-14,23H,6H2,1-5H3,(H,30,31)(H,27,28,29)/t23-/m1/s1. The number of anilines is 2. The summed E-state index contributed by atoms with van der Waals surface area (Å²) in [5, 5.41) is 7.32. The van der Waals surface area contributed by atoms with Crippen LogP contribution in [0.3, 0.4) is 0 Å². The van der Waals surface area contributed by atoms with Crippen LogP contribution in [0.4, 0.5) is 10.9 Å². The Morgan fingerprint density at radius 2 is 1.79 bits per heavy atom. The summed E-state index contributed by atoms with van der Waals surface area (Å²) in [6.07, 6.45) is 1.49. The van der Waals surface area contributed by atoms with Crippen LogP contribution in [0, 0.1) is 27.7 Å². The van der Waals surface area contributed by atoms with Crippen molar-refractivity contribution in [1.29, 1.82) is 0 Å². The summed E-state index contributed by atoms with van der Waals surface area (Å²) in [6.45, 7) is 10.6. The lowest BCUT2D eigenvalue weighted by Gasteiger charge is -2.22. The first-order valence-corrected chi connectivity index (χ1v) is 11.9. The maximum atomic E-state index is 12.8. The van der Waals surface area contributed by atoms with Gasteiger partial charge < -0.3 is 19.8 Å². The monoisotopic (exact) mass is 476 g/mol. The van der Waals surface area contributed by atoms with E-state index in [4.69, 9.17) is 9.15 Å². The van der Waals surface area contributed by atoms with Gasteiger partial charge in [0.25, 0.3) is 5.91 Å². The predicted molar refractivity (Wildman–Crippen MR) is 135 cm³/mol. The molecule has 4 aromatic rings. The molecule has 1 amide bonds. The molecule has 0 saturated carbocycles. The zero-order valence-electron chi connectivity index (χ0n) is 19.9. The van der Waals surface area contributed by atoms with Crippen molar-refractivity contribution in [1.82, 2.24) is 9.97 Å². The minimum Gasteiger partial charge on any atom is -0.494 e. The average molecular weight is 477 g/mol. The number of hydrogen-bond acceptors (Lipinski definition) is 7. The summed E-state index contributed by atoms with van der Waals surface area (Å²) in [7, 11) is 0. The minimum atomic E-state index is -0.297. The van der Waals surface area contributed by atoms with Crippen molar-refractivity contribution in [2.45, 2.75) is 40.7 Å². The summed E-state index contributed by atoms with van der Waals surface area (Å²) < 4.78 is 10.9. The fraction of sp³-hybridized carbons (Fsp3) is 0.269. The first-order chi connectivity index (χ1) is 16.4. The van der Waals surface area contributed by atoms with Crippen LogP contribution in [0.25, 0.3) is 0 Å². The number of aromatic nitrogens is 2. The van der Waals surface area contributed by atoms with Crippen molar-refractivity contribution in [2.24, 2.45) is 0 Å². The summed E-state index contributed by atoms with van der Waals surface area (Å²) in [4.78, 5) is 23.1. The number of thiophene rings is 1. The number of furan rings is 1. The van der Waals surface area contributed by atoms with Crippen LogP contribution in [0.15, 0.2) is 53.1 Å². The molecule has 2 N–H and O–H groups in total. The van der Waals surface area contributed by atoms with Gasteiger partial charge in [-0.3, -0.25) is 4.79 Å². The lowest BCUT2D eigenvalue weighted by Crippen LogP contribution is -2.18. The maximum Gasteiger partial charge on any atom is 0.291 e. The SMILES string of the molecule is CCOc1ccc([C@@H](Nc2nc(C)cc(C)n2)c2c(NC(=O)c3ccco3)sc(C)c2C)cc1. The van der Waals surface area contributed by atoms with Gasteiger partial charge in [0.1, 0.15) is 10.8 Å². The van der Waals surface area contributed by atoms with Gasteiger partial charge in [0.05, 0.1) is 18.9 Å². The number of hydrogen-bond donors (Lipinski definition) is 2. The number of ether oxygens (including phenoxy) is 1. The molecule has 0 saturated heterocycles. The van der Waals surface area contributed by atoms with Crippen molar-refractivity contribution >= 4 is 28.2 Å². The highest BCUT2D eigenvalue weighted by Gasteiger charge is 2.26. The molecule has 176 valence electrons. The fourth-order valence-corrected chi connectivity index (χ4v) is 4.92. The normalized spacial score (nSPS) is 11.8. The highest BCUT2D eigenvalue weighted by atomic mass is 32.1. The number of carbonyl (C=O) groups is 1. The molecule has 0 unspecified atom stereocenters. The number of amides is 1. The van der Waals surface area contributed by atoms with Crippen molar-refractivity contribution < 1.29 is 13.9 Å². The van der Waals surface area contributed by atoms with Gasteiger partial charge >= 0.3 is 0 Å². The Morgan fingerprint density at radius 3 is 2.41 bits per heavy atom. The molecule has 1 aromatic carbocycles.